The van der Waals surface area contributed by atoms with Crippen LogP contribution in [0.1, 0.15) is 25.7 Å². The minimum absolute atomic E-state index is 0.0436. The largest absolute Gasteiger partial charge is 0.500 e. The Labute approximate surface area is 240 Å². The molecule has 0 aromatic heterocycles. The predicted octanol–water partition coefficient (Wildman–Crippen LogP) is 2.39. The molecule has 17 heteroatoms. The van der Waals surface area contributed by atoms with Crippen LogP contribution in [-0.2, 0) is 53.1 Å². The predicted molar refractivity (Wildman–Crippen MR) is 156 cm³/mol. The molecule has 0 heterocycles. The van der Waals surface area contributed by atoms with Crippen molar-refractivity contribution in [2.24, 2.45) is 0 Å². The third-order valence-electron chi connectivity index (χ3n) is 7.40. The van der Waals surface area contributed by atoms with Crippen LogP contribution < -0.4 is 5.32 Å². The number of nitrogens with one attached hydrogen (secondary N) is 1. The molecule has 0 amide bonds. The second kappa shape index (κ2) is 20.3. The molecule has 0 spiro atoms. The summed E-state index contributed by atoms with van der Waals surface area (Å²) in [4.78, 5) is 0. The van der Waals surface area contributed by atoms with Crippen molar-refractivity contribution in [1.29, 1.82) is 0 Å². The first-order valence-corrected chi connectivity index (χ1v) is 20.7. The van der Waals surface area contributed by atoms with Crippen molar-refractivity contribution in [2.45, 2.75) is 61.9 Å². The Bertz CT molecular complexity index is 481. The van der Waals surface area contributed by atoms with Crippen molar-refractivity contribution < 1.29 is 53.1 Å². The molecule has 39 heavy (non-hydrogen) atoms. The maximum absolute atomic E-state index is 5.69. The average molecular weight is 638 g/mol. The lowest BCUT2D eigenvalue weighted by molar-refractivity contribution is 0.116. The second-order valence-corrected chi connectivity index (χ2v) is 21.3. The summed E-state index contributed by atoms with van der Waals surface area (Å²) >= 11 is 0. The maximum atomic E-state index is 5.69. The van der Waals surface area contributed by atoms with Crippen LogP contribution in [0.5, 0.6) is 0 Å². The molecule has 0 fully saturated rings. The van der Waals surface area contributed by atoms with Gasteiger partial charge in [-0.25, -0.2) is 0 Å². The Morgan fingerprint density at radius 3 is 0.615 bits per heavy atom. The molecule has 1 N–H and O–H groups in total. The number of hydrogen-bond donors (Lipinski definition) is 1. The van der Waals surface area contributed by atoms with E-state index < -0.39 is 35.2 Å². The minimum atomic E-state index is -2.79. The molecular weight excluding hydrogens is 583 g/mol. The summed E-state index contributed by atoms with van der Waals surface area (Å²) in [6, 6.07) is 2.60. The van der Waals surface area contributed by atoms with E-state index in [1.54, 1.807) is 85.3 Å². The lowest BCUT2D eigenvalue weighted by Crippen LogP contribution is -2.50. The van der Waals surface area contributed by atoms with Crippen LogP contribution in [0.3, 0.4) is 0 Å². The van der Waals surface area contributed by atoms with Crippen molar-refractivity contribution in [3.05, 3.63) is 0 Å². The molecule has 13 nitrogen and oxygen atoms in total. The highest BCUT2D eigenvalue weighted by Crippen LogP contribution is 2.26. The highest BCUT2D eigenvalue weighted by atomic mass is 28.4. The highest BCUT2D eigenvalue weighted by molar-refractivity contribution is 6.61. The fraction of sp³-hybridized carbons (Fsp3) is 1.00. The van der Waals surface area contributed by atoms with Crippen molar-refractivity contribution >= 4 is 35.2 Å². The smallest absolute Gasteiger partial charge is 0.377 e. The van der Waals surface area contributed by atoms with Gasteiger partial charge in [0.15, 0.2) is 0 Å². The Kier molecular flexibility index (Phi) is 20.5. The molecule has 0 aliphatic heterocycles. The fourth-order valence-corrected chi connectivity index (χ4v) is 11.8. The third kappa shape index (κ3) is 12.2. The summed E-state index contributed by atoms with van der Waals surface area (Å²) < 4.78 is 68.2. The lowest BCUT2D eigenvalue weighted by Gasteiger charge is -2.33. The van der Waals surface area contributed by atoms with Gasteiger partial charge in [0.1, 0.15) is 0 Å². The molecule has 0 atom stereocenters. The summed E-state index contributed by atoms with van der Waals surface area (Å²) in [5.74, 6) is 0. The average Bonchev–Trinajstić information content (AvgIpc) is 3.00. The zero-order valence-electron chi connectivity index (χ0n) is 26.2. The summed E-state index contributed by atoms with van der Waals surface area (Å²) in [6.45, 7) is 0. The minimum Gasteiger partial charge on any atom is -0.377 e. The lowest BCUT2D eigenvalue weighted by atomic mass is 10.1. The van der Waals surface area contributed by atoms with E-state index in [1.807, 2.05) is 0 Å². The molecule has 236 valence electrons. The van der Waals surface area contributed by atoms with Crippen molar-refractivity contribution in [3.8, 4) is 0 Å². The van der Waals surface area contributed by atoms with Gasteiger partial charge in [0, 0.05) is 122 Å². The van der Waals surface area contributed by atoms with Gasteiger partial charge in [-0.2, -0.15) is 0 Å². The van der Waals surface area contributed by atoms with Crippen LogP contribution >= 0.6 is 0 Å². The molecule has 0 bridgehead atoms. The zero-order chi connectivity index (χ0) is 30.0. The van der Waals surface area contributed by atoms with E-state index in [-0.39, 0.29) is 12.1 Å². The Morgan fingerprint density at radius 2 is 0.487 bits per heavy atom. The molecular formula is C22H55NO12Si4. The SMILES string of the molecule is CO[Si](CCC(CC[Si](OC)(OC)OC)NC(CC[Si](OC)(OC)OC)CC[Si](OC)(OC)OC)(OC)OC. The Morgan fingerprint density at radius 1 is 0.333 bits per heavy atom. The standard InChI is InChI=1S/C22H55NO12Si4/c1-24-36(25-2,26-3)17-13-21(14-18-37(27-4,28-5)29-6)23-22(15-19-38(30-7,31-8)32-9)16-20-39(33-10,34-11)35-12/h21-23H,13-20H2,1-12H3. The first-order chi connectivity index (χ1) is 18.6. The van der Waals surface area contributed by atoms with Crippen LogP contribution in [0.2, 0.25) is 24.2 Å². The van der Waals surface area contributed by atoms with Crippen LogP contribution in [0.25, 0.3) is 0 Å². The monoisotopic (exact) mass is 637 g/mol. The van der Waals surface area contributed by atoms with E-state index in [1.165, 1.54) is 0 Å². The third-order valence-corrected chi connectivity index (χ3v) is 18.5. The molecule has 0 saturated heterocycles. The van der Waals surface area contributed by atoms with Crippen molar-refractivity contribution in [1.82, 2.24) is 5.32 Å². The maximum Gasteiger partial charge on any atom is 0.500 e. The van der Waals surface area contributed by atoms with Gasteiger partial charge in [0.05, 0.1) is 0 Å². The van der Waals surface area contributed by atoms with Gasteiger partial charge >= 0.3 is 35.2 Å². The second-order valence-electron chi connectivity index (χ2n) is 8.90. The highest BCUT2D eigenvalue weighted by Gasteiger charge is 2.43. The Balaban J connectivity index is 6.03. The number of rotatable bonds is 26. The summed E-state index contributed by atoms with van der Waals surface area (Å²) in [5.41, 5.74) is 0. The van der Waals surface area contributed by atoms with Crippen LogP contribution in [0, 0.1) is 0 Å². The normalized spacial score (nSPS) is 13.7. The molecule has 0 rings (SSSR count). The first-order valence-electron chi connectivity index (χ1n) is 13.0. The van der Waals surface area contributed by atoms with Gasteiger partial charge in [-0.3, -0.25) is 0 Å². The molecule has 0 unspecified atom stereocenters. The van der Waals surface area contributed by atoms with E-state index in [0.29, 0.717) is 24.2 Å². The molecule has 0 aromatic carbocycles. The fourth-order valence-electron chi connectivity index (χ4n) is 4.58. The van der Waals surface area contributed by atoms with E-state index >= 15 is 0 Å². The topological polar surface area (TPSA) is 123 Å². The van der Waals surface area contributed by atoms with Gasteiger partial charge < -0.3 is 58.4 Å². The summed E-state index contributed by atoms with van der Waals surface area (Å²) in [6.07, 6.45) is 2.96. The van der Waals surface area contributed by atoms with Gasteiger partial charge in [-0.1, -0.05) is 0 Å². The van der Waals surface area contributed by atoms with Gasteiger partial charge in [-0.15, -0.1) is 0 Å². The molecule has 0 saturated carbocycles. The summed E-state index contributed by atoms with van der Waals surface area (Å²) in [7, 11) is 8.31. The number of hydrogen-bond acceptors (Lipinski definition) is 13. The van der Waals surface area contributed by atoms with E-state index in [2.05, 4.69) is 5.32 Å². The van der Waals surface area contributed by atoms with Crippen molar-refractivity contribution in [2.75, 3.05) is 85.3 Å². The quantitative estimate of drug-likeness (QED) is 0.140. The molecule has 0 radical (unpaired) electrons. The van der Waals surface area contributed by atoms with Gasteiger partial charge in [-0.05, 0) is 25.7 Å². The van der Waals surface area contributed by atoms with E-state index in [0.717, 1.165) is 25.7 Å². The molecule has 0 aliphatic carbocycles. The molecule has 0 aliphatic rings. The van der Waals surface area contributed by atoms with Gasteiger partial charge in [0.2, 0.25) is 0 Å². The molecule has 0 aromatic rings. The van der Waals surface area contributed by atoms with Crippen molar-refractivity contribution in [3.63, 3.8) is 0 Å². The van der Waals surface area contributed by atoms with Crippen LogP contribution in [-0.4, -0.2) is 133 Å². The first kappa shape index (κ1) is 39.3. The van der Waals surface area contributed by atoms with E-state index in [9.17, 15) is 0 Å². The van der Waals surface area contributed by atoms with E-state index in [4.69, 9.17) is 53.1 Å². The van der Waals surface area contributed by atoms with Crippen LogP contribution in [0.15, 0.2) is 0 Å². The summed E-state index contributed by atoms with van der Waals surface area (Å²) in [5, 5.41) is 3.86. The van der Waals surface area contributed by atoms with Crippen LogP contribution in [0.4, 0.5) is 0 Å². The van der Waals surface area contributed by atoms with Gasteiger partial charge in [0.25, 0.3) is 0 Å². The Hall–Kier alpha value is 0.348. The zero-order valence-corrected chi connectivity index (χ0v) is 30.2.